The molecule has 2 rings (SSSR count). The Morgan fingerprint density at radius 1 is 1.20 bits per heavy atom. The van der Waals surface area contributed by atoms with Crippen LogP contribution in [-0.2, 0) is 4.79 Å². The first-order chi connectivity index (χ1) is 9.58. The summed E-state index contributed by atoms with van der Waals surface area (Å²) in [5.74, 6) is 0.480. The smallest absolute Gasteiger partial charge is 0.234 e. The molecular weight excluding hydrogens is 254 g/mol. The van der Waals surface area contributed by atoms with Gasteiger partial charge in [-0.3, -0.25) is 4.79 Å². The lowest BCUT2D eigenvalue weighted by atomic mass is 9.61. The third-order valence-electron chi connectivity index (χ3n) is 4.87. The summed E-state index contributed by atoms with van der Waals surface area (Å²) in [6.07, 6.45) is 9.65. The normalized spacial score (nSPS) is 32.9. The number of nitrogens with one attached hydrogen (secondary N) is 1. The van der Waals surface area contributed by atoms with Crippen molar-refractivity contribution < 1.29 is 10.0 Å². The minimum absolute atomic E-state index is 0.0449. The molecule has 20 heavy (non-hydrogen) atoms. The highest BCUT2D eigenvalue weighted by Gasteiger charge is 2.52. The molecule has 0 radical (unpaired) electrons. The lowest BCUT2D eigenvalue weighted by Gasteiger charge is -2.44. The van der Waals surface area contributed by atoms with Gasteiger partial charge in [0.1, 0.15) is 5.41 Å². The Morgan fingerprint density at radius 3 is 2.25 bits per heavy atom. The minimum Gasteiger partial charge on any atom is -0.409 e. The van der Waals surface area contributed by atoms with Crippen molar-refractivity contribution in [1.29, 1.82) is 0 Å². The van der Waals surface area contributed by atoms with E-state index in [9.17, 15) is 4.79 Å². The molecule has 0 aromatic carbocycles. The fourth-order valence-electron chi connectivity index (χ4n) is 3.66. The lowest BCUT2D eigenvalue weighted by Crippen LogP contribution is -2.58. The quantitative estimate of drug-likeness (QED) is 0.321. The number of nitrogens with zero attached hydrogens (tertiary/aromatic N) is 1. The number of amides is 1. The van der Waals surface area contributed by atoms with E-state index >= 15 is 0 Å². The van der Waals surface area contributed by atoms with Crippen LogP contribution in [0.15, 0.2) is 5.16 Å². The Balaban J connectivity index is 1.98. The van der Waals surface area contributed by atoms with Crippen LogP contribution in [0.4, 0.5) is 0 Å². The highest BCUT2D eigenvalue weighted by atomic mass is 16.4. The summed E-state index contributed by atoms with van der Waals surface area (Å²) in [6, 6.07) is 0.252. The number of hydrogen-bond donors (Lipinski definition) is 3. The van der Waals surface area contributed by atoms with Crippen LogP contribution >= 0.6 is 0 Å². The Kier molecular flexibility index (Phi) is 4.89. The standard InChI is InChI=1S/C15H27N3O2/c1-11-9-15(10-11,13(16)18-20)14(19)17-12-7-5-3-2-4-6-8-12/h11-12,20H,2-10H2,1H3,(H2,16,18)(H,17,19). The average molecular weight is 281 g/mol. The van der Waals surface area contributed by atoms with Crippen molar-refractivity contribution in [2.75, 3.05) is 0 Å². The van der Waals surface area contributed by atoms with E-state index in [-0.39, 0.29) is 17.8 Å². The summed E-state index contributed by atoms with van der Waals surface area (Å²) in [5.41, 5.74) is 5.01. The number of rotatable bonds is 3. The average Bonchev–Trinajstić information content (AvgIpc) is 2.36. The molecule has 0 aliphatic heterocycles. The van der Waals surface area contributed by atoms with E-state index in [0.29, 0.717) is 18.8 Å². The Labute approximate surface area is 121 Å². The first kappa shape index (κ1) is 15.1. The van der Waals surface area contributed by atoms with Crippen molar-refractivity contribution in [3.63, 3.8) is 0 Å². The first-order valence-electron chi connectivity index (χ1n) is 7.87. The number of carbonyl (C=O) groups is 1. The third-order valence-corrected chi connectivity index (χ3v) is 4.87. The van der Waals surface area contributed by atoms with Crippen molar-refractivity contribution in [3.8, 4) is 0 Å². The monoisotopic (exact) mass is 281 g/mol. The second-order valence-corrected chi connectivity index (χ2v) is 6.60. The highest BCUT2D eigenvalue weighted by molar-refractivity contribution is 6.07. The zero-order valence-electron chi connectivity index (χ0n) is 12.4. The van der Waals surface area contributed by atoms with Crippen LogP contribution in [0.3, 0.4) is 0 Å². The number of nitrogens with two attached hydrogens (primary N) is 1. The molecule has 0 aromatic heterocycles. The van der Waals surface area contributed by atoms with Gasteiger partial charge in [0.25, 0.3) is 0 Å². The predicted molar refractivity (Wildman–Crippen MR) is 78.5 cm³/mol. The number of carbonyl (C=O) groups excluding carboxylic acids is 1. The molecule has 2 saturated carbocycles. The van der Waals surface area contributed by atoms with Crippen molar-refractivity contribution >= 4 is 11.7 Å². The molecule has 1 amide bonds. The summed E-state index contributed by atoms with van der Waals surface area (Å²) in [5, 5.41) is 15.2. The fraction of sp³-hybridized carbons (Fsp3) is 0.867. The zero-order chi connectivity index (χ0) is 14.6. The van der Waals surface area contributed by atoms with Crippen LogP contribution in [0, 0.1) is 11.3 Å². The topological polar surface area (TPSA) is 87.7 Å². The van der Waals surface area contributed by atoms with E-state index in [1.165, 1.54) is 32.1 Å². The molecule has 4 N–H and O–H groups in total. The van der Waals surface area contributed by atoms with E-state index in [1.54, 1.807) is 0 Å². The maximum absolute atomic E-state index is 12.6. The molecule has 0 spiro atoms. The van der Waals surface area contributed by atoms with Gasteiger partial charge in [0.05, 0.1) is 0 Å². The lowest BCUT2D eigenvalue weighted by molar-refractivity contribution is -0.134. The molecule has 0 aromatic rings. The SMILES string of the molecule is CC1CC(C(=O)NC2CCCCCCC2)(C(N)=NO)C1. The molecule has 0 bridgehead atoms. The Morgan fingerprint density at radius 2 is 1.75 bits per heavy atom. The molecule has 2 aliphatic rings. The summed E-state index contributed by atoms with van der Waals surface area (Å²) < 4.78 is 0. The van der Waals surface area contributed by atoms with Crippen molar-refractivity contribution in [3.05, 3.63) is 0 Å². The number of hydrogen-bond acceptors (Lipinski definition) is 3. The van der Waals surface area contributed by atoms with Gasteiger partial charge in [0.2, 0.25) is 5.91 Å². The van der Waals surface area contributed by atoms with Gasteiger partial charge in [0, 0.05) is 6.04 Å². The Hall–Kier alpha value is -1.26. The van der Waals surface area contributed by atoms with Gasteiger partial charge < -0.3 is 16.3 Å². The zero-order valence-corrected chi connectivity index (χ0v) is 12.4. The molecule has 0 heterocycles. The van der Waals surface area contributed by atoms with Crippen LogP contribution < -0.4 is 11.1 Å². The number of amidine groups is 1. The van der Waals surface area contributed by atoms with Gasteiger partial charge in [-0.2, -0.15) is 0 Å². The molecule has 5 heteroatoms. The summed E-state index contributed by atoms with van der Waals surface area (Å²) in [7, 11) is 0. The van der Waals surface area contributed by atoms with Crippen molar-refractivity contribution in [2.45, 2.75) is 70.8 Å². The summed E-state index contributed by atoms with van der Waals surface area (Å²) in [4.78, 5) is 12.6. The van der Waals surface area contributed by atoms with Crippen molar-refractivity contribution in [1.82, 2.24) is 5.32 Å². The molecule has 0 unspecified atom stereocenters. The van der Waals surface area contributed by atoms with Crippen LogP contribution in [0.2, 0.25) is 0 Å². The van der Waals surface area contributed by atoms with E-state index in [1.807, 2.05) is 0 Å². The molecule has 0 atom stereocenters. The predicted octanol–water partition coefficient (Wildman–Crippen LogP) is 2.38. The van der Waals surface area contributed by atoms with Gasteiger partial charge in [-0.1, -0.05) is 44.2 Å². The van der Waals surface area contributed by atoms with Gasteiger partial charge in [0.15, 0.2) is 5.84 Å². The van der Waals surface area contributed by atoms with E-state index in [0.717, 1.165) is 12.8 Å². The van der Waals surface area contributed by atoms with E-state index < -0.39 is 5.41 Å². The molecule has 0 saturated heterocycles. The van der Waals surface area contributed by atoms with Crippen LogP contribution in [0.25, 0.3) is 0 Å². The maximum atomic E-state index is 12.6. The molecule has 2 aliphatic carbocycles. The van der Waals surface area contributed by atoms with Crippen molar-refractivity contribution in [2.24, 2.45) is 22.2 Å². The van der Waals surface area contributed by atoms with Gasteiger partial charge in [-0.05, 0) is 31.6 Å². The number of oxime groups is 1. The molecule has 114 valence electrons. The highest BCUT2D eigenvalue weighted by Crippen LogP contribution is 2.46. The Bertz CT molecular complexity index is 367. The van der Waals surface area contributed by atoms with Crippen LogP contribution in [-0.4, -0.2) is 23.0 Å². The molecule has 2 fully saturated rings. The second-order valence-electron chi connectivity index (χ2n) is 6.60. The van der Waals surface area contributed by atoms with Crippen LogP contribution in [0.5, 0.6) is 0 Å². The van der Waals surface area contributed by atoms with Gasteiger partial charge in [-0.15, -0.1) is 0 Å². The summed E-state index contributed by atoms with van der Waals surface area (Å²) in [6.45, 7) is 2.09. The maximum Gasteiger partial charge on any atom is 0.234 e. The first-order valence-corrected chi connectivity index (χ1v) is 7.87. The molecular formula is C15H27N3O2. The largest absolute Gasteiger partial charge is 0.409 e. The summed E-state index contributed by atoms with van der Waals surface area (Å²) >= 11 is 0. The fourth-order valence-corrected chi connectivity index (χ4v) is 3.66. The second kappa shape index (κ2) is 6.46. The van der Waals surface area contributed by atoms with Crippen LogP contribution in [0.1, 0.15) is 64.7 Å². The third kappa shape index (κ3) is 3.07. The van der Waals surface area contributed by atoms with E-state index in [4.69, 9.17) is 10.9 Å². The van der Waals surface area contributed by atoms with Gasteiger partial charge in [-0.25, -0.2) is 0 Å². The minimum atomic E-state index is -0.767. The van der Waals surface area contributed by atoms with E-state index in [2.05, 4.69) is 17.4 Å². The van der Waals surface area contributed by atoms with Gasteiger partial charge >= 0.3 is 0 Å². The molecule has 5 nitrogen and oxygen atoms in total.